The molecule has 0 unspecified atom stereocenters. The first-order valence-corrected chi connectivity index (χ1v) is 6.61. The van der Waals surface area contributed by atoms with Crippen molar-refractivity contribution in [2.75, 3.05) is 17.7 Å². The molecule has 0 spiro atoms. The van der Waals surface area contributed by atoms with Gasteiger partial charge in [-0.05, 0) is 19.1 Å². The average Bonchev–Trinajstić information content (AvgIpc) is 2.82. The van der Waals surface area contributed by atoms with Crippen molar-refractivity contribution in [3.05, 3.63) is 29.2 Å². The molecule has 0 bridgehead atoms. The molecule has 112 valence electrons. The van der Waals surface area contributed by atoms with Crippen LogP contribution in [-0.2, 0) is 5.41 Å². The summed E-state index contributed by atoms with van der Waals surface area (Å²) in [5.74, 6) is 0.781. The van der Waals surface area contributed by atoms with E-state index < -0.39 is 0 Å². The number of carbonyl (C=O) groups excluding carboxylic acids is 1. The summed E-state index contributed by atoms with van der Waals surface area (Å²) >= 11 is 0. The summed E-state index contributed by atoms with van der Waals surface area (Å²) in [6.45, 7) is 7.80. The van der Waals surface area contributed by atoms with Crippen LogP contribution in [0.4, 0.5) is 11.8 Å². The topological polar surface area (TPSA) is 92.9 Å². The molecule has 2 heterocycles. The zero-order valence-corrected chi connectivity index (χ0v) is 12.8. The van der Waals surface area contributed by atoms with E-state index >= 15 is 0 Å². The van der Waals surface area contributed by atoms with Crippen molar-refractivity contribution < 1.29 is 9.32 Å². The van der Waals surface area contributed by atoms with Gasteiger partial charge in [-0.1, -0.05) is 25.9 Å². The molecule has 0 aliphatic rings. The van der Waals surface area contributed by atoms with Crippen LogP contribution in [0.15, 0.2) is 16.7 Å². The summed E-state index contributed by atoms with van der Waals surface area (Å²) in [5.41, 5.74) is 1.14. The molecule has 2 aromatic rings. The normalized spacial score (nSPS) is 11.3. The van der Waals surface area contributed by atoms with Gasteiger partial charge in [-0.15, -0.1) is 0 Å². The van der Waals surface area contributed by atoms with Gasteiger partial charge >= 0.3 is 6.01 Å². The first kappa shape index (κ1) is 15.0. The molecule has 0 fully saturated rings. The van der Waals surface area contributed by atoms with Crippen molar-refractivity contribution in [1.82, 2.24) is 15.1 Å². The monoisotopic (exact) mass is 289 g/mol. The highest BCUT2D eigenvalue weighted by Gasteiger charge is 2.20. The maximum absolute atomic E-state index is 12.3. The van der Waals surface area contributed by atoms with Crippen LogP contribution in [0.1, 0.15) is 42.6 Å². The Bertz CT molecular complexity index is 658. The summed E-state index contributed by atoms with van der Waals surface area (Å²) in [6, 6.07) is 3.52. The second-order valence-corrected chi connectivity index (χ2v) is 5.73. The molecule has 7 nitrogen and oxygen atoms in total. The first-order chi connectivity index (χ1) is 9.79. The molecule has 0 aromatic carbocycles. The number of hydrogen-bond acceptors (Lipinski definition) is 6. The number of pyridine rings is 1. The predicted molar refractivity (Wildman–Crippen MR) is 79.5 cm³/mol. The van der Waals surface area contributed by atoms with E-state index in [-0.39, 0.29) is 17.3 Å². The van der Waals surface area contributed by atoms with E-state index in [1.807, 2.05) is 20.8 Å². The Morgan fingerprint density at radius 2 is 1.95 bits per heavy atom. The lowest BCUT2D eigenvalue weighted by Crippen LogP contribution is -2.18. The SMILES string of the molecule is CNc1cc(C(=O)Nc2nc(C)no2)cc(C(C)(C)C)n1. The number of nitrogens with one attached hydrogen (secondary N) is 2. The van der Waals surface area contributed by atoms with Gasteiger partial charge in [-0.3, -0.25) is 10.1 Å². The van der Waals surface area contributed by atoms with Crippen LogP contribution >= 0.6 is 0 Å². The third-order valence-electron chi connectivity index (χ3n) is 2.86. The zero-order valence-electron chi connectivity index (χ0n) is 12.8. The maximum atomic E-state index is 12.3. The Balaban J connectivity index is 2.31. The van der Waals surface area contributed by atoms with Crippen LogP contribution < -0.4 is 10.6 Å². The Kier molecular flexibility index (Phi) is 3.93. The Labute approximate surface area is 123 Å². The van der Waals surface area contributed by atoms with Crippen LogP contribution in [0.5, 0.6) is 0 Å². The number of anilines is 2. The Morgan fingerprint density at radius 3 is 2.48 bits per heavy atom. The van der Waals surface area contributed by atoms with Gasteiger partial charge in [-0.25, -0.2) is 4.98 Å². The molecule has 0 aliphatic carbocycles. The van der Waals surface area contributed by atoms with Gasteiger partial charge in [-0.2, -0.15) is 4.98 Å². The van der Waals surface area contributed by atoms with Gasteiger partial charge < -0.3 is 9.84 Å². The maximum Gasteiger partial charge on any atom is 0.328 e. The van der Waals surface area contributed by atoms with E-state index in [4.69, 9.17) is 4.52 Å². The van der Waals surface area contributed by atoms with Crippen LogP contribution in [0.3, 0.4) is 0 Å². The van der Waals surface area contributed by atoms with Crippen LogP contribution in [-0.4, -0.2) is 28.1 Å². The second kappa shape index (κ2) is 5.51. The molecule has 0 radical (unpaired) electrons. The minimum Gasteiger partial charge on any atom is -0.373 e. The van der Waals surface area contributed by atoms with Gasteiger partial charge in [0, 0.05) is 23.7 Å². The van der Waals surface area contributed by atoms with Gasteiger partial charge in [0.05, 0.1) is 0 Å². The number of rotatable bonds is 3. The Morgan fingerprint density at radius 1 is 1.24 bits per heavy atom. The first-order valence-electron chi connectivity index (χ1n) is 6.61. The molecule has 0 saturated heterocycles. The van der Waals surface area contributed by atoms with Gasteiger partial charge in [0.25, 0.3) is 5.91 Å². The van der Waals surface area contributed by atoms with Crippen LogP contribution in [0, 0.1) is 6.92 Å². The fourth-order valence-corrected chi connectivity index (χ4v) is 1.69. The van der Waals surface area contributed by atoms with Gasteiger partial charge in [0.15, 0.2) is 5.82 Å². The van der Waals surface area contributed by atoms with E-state index in [1.54, 1.807) is 26.1 Å². The van der Waals surface area contributed by atoms with E-state index in [2.05, 4.69) is 25.8 Å². The number of hydrogen-bond donors (Lipinski definition) is 2. The van der Waals surface area contributed by atoms with E-state index in [0.717, 1.165) is 5.69 Å². The molecule has 0 aliphatic heterocycles. The fourth-order valence-electron chi connectivity index (χ4n) is 1.69. The summed E-state index contributed by atoms with van der Waals surface area (Å²) < 4.78 is 4.89. The molecular weight excluding hydrogens is 270 g/mol. The molecule has 7 heteroatoms. The number of amides is 1. The number of aromatic nitrogens is 3. The second-order valence-electron chi connectivity index (χ2n) is 5.73. The summed E-state index contributed by atoms with van der Waals surface area (Å²) in [7, 11) is 1.76. The Hall–Kier alpha value is -2.44. The fraction of sp³-hybridized carbons (Fsp3) is 0.429. The van der Waals surface area contributed by atoms with E-state index in [9.17, 15) is 4.79 Å². The molecular formula is C14H19N5O2. The summed E-state index contributed by atoms with van der Waals surface area (Å²) in [4.78, 5) is 20.7. The lowest BCUT2D eigenvalue weighted by molar-refractivity contribution is 0.102. The molecule has 0 saturated carbocycles. The smallest absolute Gasteiger partial charge is 0.328 e. The quantitative estimate of drug-likeness (QED) is 0.901. The van der Waals surface area contributed by atoms with Crippen LogP contribution in [0.25, 0.3) is 0 Å². The van der Waals surface area contributed by atoms with Gasteiger partial charge in [0.1, 0.15) is 5.82 Å². The molecule has 2 N–H and O–H groups in total. The van der Waals surface area contributed by atoms with E-state index in [0.29, 0.717) is 17.2 Å². The summed E-state index contributed by atoms with van der Waals surface area (Å²) in [6.07, 6.45) is 0. The molecule has 2 rings (SSSR count). The highest BCUT2D eigenvalue weighted by molar-refractivity contribution is 6.03. The number of aryl methyl sites for hydroxylation is 1. The minimum absolute atomic E-state index is 0.0811. The molecule has 1 amide bonds. The average molecular weight is 289 g/mol. The molecule has 2 aromatic heterocycles. The largest absolute Gasteiger partial charge is 0.373 e. The third kappa shape index (κ3) is 3.56. The van der Waals surface area contributed by atoms with Crippen molar-refractivity contribution in [1.29, 1.82) is 0 Å². The van der Waals surface area contributed by atoms with Crippen LogP contribution in [0.2, 0.25) is 0 Å². The van der Waals surface area contributed by atoms with Crippen molar-refractivity contribution in [3.63, 3.8) is 0 Å². The standard InChI is InChI=1S/C14H19N5O2/c1-8-16-13(21-19-8)18-12(20)9-6-10(14(2,3)4)17-11(7-9)15-5/h6-7H,1-5H3,(H,15,17)(H,16,18,19,20). The third-order valence-corrected chi connectivity index (χ3v) is 2.86. The van der Waals surface area contributed by atoms with Crippen molar-refractivity contribution in [2.24, 2.45) is 0 Å². The molecule has 0 atom stereocenters. The summed E-state index contributed by atoms with van der Waals surface area (Å²) in [5, 5.41) is 9.16. The highest BCUT2D eigenvalue weighted by atomic mass is 16.5. The van der Waals surface area contributed by atoms with Crippen molar-refractivity contribution in [2.45, 2.75) is 33.1 Å². The minimum atomic E-state index is -0.317. The van der Waals surface area contributed by atoms with E-state index in [1.165, 1.54) is 0 Å². The van der Waals surface area contributed by atoms with Crippen molar-refractivity contribution in [3.8, 4) is 0 Å². The molecule has 21 heavy (non-hydrogen) atoms. The van der Waals surface area contributed by atoms with Gasteiger partial charge in [0.2, 0.25) is 0 Å². The zero-order chi connectivity index (χ0) is 15.6. The van der Waals surface area contributed by atoms with Crippen molar-refractivity contribution >= 4 is 17.7 Å². The lowest BCUT2D eigenvalue weighted by atomic mass is 9.90. The lowest BCUT2D eigenvalue weighted by Gasteiger charge is -2.19. The number of nitrogens with zero attached hydrogens (tertiary/aromatic N) is 3. The predicted octanol–water partition coefficient (Wildman–Crippen LogP) is 2.36. The highest BCUT2D eigenvalue weighted by Crippen LogP contribution is 2.23. The number of carbonyl (C=O) groups is 1.